The van der Waals surface area contributed by atoms with Crippen LogP contribution in [0.15, 0.2) is 6.20 Å². The van der Waals surface area contributed by atoms with Crippen LogP contribution in [0.2, 0.25) is 0 Å². The third-order valence-corrected chi connectivity index (χ3v) is 3.07. The molecule has 1 aromatic heterocycles. The molecule has 0 aromatic carbocycles. The van der Waals surface area contributed by atoms with Crippen molar-refractivity contribution in [2.24, 2.45) is 0 Å². The van der Waals surface area contributed by atoms with E-state index in [9.17, 15) is 9.59 Å². The average molecular weight is 228 g/mol. The zero-order valence-corrected chi connectivity index (χ0v) is 8.40. The van der Waals surface area contributed by atoms with Crippen LogP contribution in [0.4, 0.5) is 0 Å². The lowest BCUT2D eigenvalue weighted by atomic mass is 10.3. The zero-order valence-electron chi connectivity index (χ0n) is 7.58. The quantitative estimate of drug-likeness (QED) is 0.701. The van der Waals surface area contributed by atoms with Crippen molar-refractivity contribution in [1.82, 2.24) is 20.3 Å². The molecule has 1 aliphatic rings. The largest absolute Gasteiger partial charge is 0.480 e. The highest BCUT2D eigenvalue weighted by molar-refractivity contribution is 7.99. The highest BCUT2D eigenvalue weighted by atomic mass is 32.2. The number of rotatable bonds is 2. The topological polar surface area (TPSA) is 99.2 Å². The fraction of sp³-hybridized carbons (Fsp3) is 0.429. The van der Waals surface area contributed by atoms with Crippen LogP contribution in [-0.2, 0) is 4.79 Å². The van der Waals surface area contributed by atoms with Crippen molar-refractivity contribution in [2.45, 2.75) is 6.04 Å². The van der Waals surface area contributed by atoms with Crippen molar-refractivity contribution >= 4 is 23.6 Å². The first kappa shape index (κ1) is 9.97. The number of aromatic nitrogens is 3. The molecule has 1 saturated heterocycles. The first-order valence-electron chi connectivity index (χ1n) is 4.17. The Bertz CT molecular complexity index is 380. The number of thioether (sulfide) groups is 1. The van der Waals surface area contributed by atoms with E-state index < -0.39 is 17.9 Å². The van der Waals surface area contributed by atoms with Gasteiger partial charge in [-0.3, -0.25) is 4.79 Å². The summed E-state index contributed by atoms with van der Waals surface area (Å²) in [6.07, 6.45) is 1.28. The SMILES string of the molecule is O=C(O)C1CSCN1C(=O)c1cn[nH]n1. The van der Waals surface area contributed by atoms with Crippen LogP contribution in [-0.4, -0.2) is 55.0 Å². The summed E-state index contributed by atoms with van der Waals surface area (Å²) in [5, 5.41) is 18.3. The molecule has 1 aliphatic heterocycles. The van der Waals surface area contributed by atoms with Gasteiger partial charge in [0.1, 0.15) is 6.04 Å². The summed E-state index contributed by atoms with van der Waals surface area (Å²) in [6.45, 7) is 0. The van der Waals surface area contributed by atoms with Crippen molar-refractivity contribution in [2.75, 3.05) is 11.6 Å². The third-order valence-electron chi connectivity index (χ3n) is 2.06. The van der Waals surface area contributed by atoms with Gasteiger partial charge in [0.05, 0.1) is 12.1 Å². The summed E-state index contributed by atoms with van der Waals surface area (Å²) < 4.78 is 0. The molecule has 0 bridgehead atoms. The predicted octanol–water partition coefficient (Wildman–Crippen LogP) is -0.596. The molecule has 2 rings (SSSR count). The van der Waals surface area contributed by atoms with Crippen LogP contribution < -0.4 is 0 Å². The molecule has 1 unspecified atom stereocenters. The second kappa shape index (κ2) is 3.89. The summed E-state index contributed by atoms with van der Waals surface area (Å²) in [5.41, 5.74) is 0.142. The number of hydrogen-bond acceptors (Lipinski definition) is 5. The second-order valence-electron chi connectivity index (χ2n) is 2.98. The minimum Gasteiger partial charge on any atom is -0.480 e. The van der Waals surface area contributed by atoms with Crippen LogP contribution in [0, 0.1) is 0 Å². The maximum Gasteiger partial charge on any atom is 0.327 e. The van der Waals surface area contributed by atoms with Crippen LogP contribution >= 0.6 is 11.8 Å². The highest BCUT2D eigenvalue weighted by Crippen LogP contribution is 2.22. The molecule has 0 aliphatic carbocycles. The Kier molecular flexibility index (Phi) is 2.58. The van der Waals surface area contributed by atoms with Crippen molar-refractivity contribution in [1.29, 1.82) is 0 Å². The Morgan fingerprint density at radius 2 is 2.47 bits per heavy atom. The number of hydrogen-bond donors (Lipinski definition) is 2. The van der Waals surface area contributed by atoms with Crippen molar-refractivity contribution in [3.05, 3.63) is 11.9 Å². The fourth-order valence-electron chi connectivity index (χ4n) is 1.30. The third kappa shape index (κ3) is 1.80. The molecule has 7 nitrogen and oxygen atoms in total. The minimum atomic E-state index is -0.989. The first-order chi connectivity index (χ1) is 7.20. The van der Waals surface area contributed by atoms with Gasteiger partial charge in [0.25, 0.3) is 5.91 Å². The summed E-state index contributed by atoms with van der Waals surface area (Å²) in [4.78, 5) is 23.9. The van der Waals surface area contributed by atoms with Gasteiger partial charge < -0.3 is 10.0 Å². The molecule has 0 spiro atoms. The Hall–Kier alpha value is -1.57. The molecular weight excluding hydrogens is 220 g/mol. The van der Waals surface area contributed by atoms with E-state index in [0.29, 0.717) is 11.6 Å². The van der Waals surface area contributed by atoms with E-state index in [2.05, 4.69) is 15.4 Å². The van der Waals surface area contributed by atoms with Crippen LogP contribution in [0.25, 0.3) is 0 Å². The number of carboxylic acid groups (broad SMARTS) is 1. The van der Waals surface area contributed by atoms with Gasteiger partial charge in [0, 0.05) is 5.75 Å². The van der Waals surface area contributed by atoms with Gasteiger partial charge in [0.15, 0.2) is 5.69 Å². The average Bonchev–Trinajstić information content (AvgIpc) is 2.88. The normalized spacial score (nSPS) is 20.5. The number of nitrogens with one attached hydrogen (secondary N) is 1. The van der Waals surface area contributed by atoms with Gasteiger partial charge in [-0.2, -0.15) is 15.4 Å². The molecule has 1 atom stereocenters. The Balaban J connectivity index is 2.17. The van der Waals surface area contributed by atoms with E-state index in [1.807, 2.05) is 0 Å². The number of H-pyrrole nitrogens is 1. The lowest BCUT2D eigenvalue weighted by molar-refractivity contribution is -0.140. The van der Waals surface area contributed by atoms with E-state index in [1.54, 1.807) is 0 Å². The first-order valence-corrected chi connectivity index (χ1v) is 5.33. The molecule has 0 radical (unpaired) electrons. The highest BCUT2D eigenvalue weighted by Gasteiger charge is 2.35. The molecule has 2 N–H and O–H groups in total. The number of aliphatic carboxylic acids is 1. The summed E-state index contributed by atoms with van der Waals surface area (Å²) >= 11 is 1.41. The molecule has 1 aromatic rings. The molecule has 1 amide bonds. The molecule has 1 fully saturated rings. The van der Waals surface area contributed by atoms with E-state index in [4.69, 9.17) is 5.11 Å². The lowest BCUT2D eigenvalue weighted by Gasteiger charge is -2.18. The Morgan fingerprint density at radius 3 is 3.07 bits per heavy atom. The van der Waals surface area contributed by atoms with Crippen molar-refractivity contribution < 1.29 is 14.7 Å². The van der Waals surface area contributed by atoms with E-state index in [1.165, 1.54) is 22.9 Å². The maximum absolute atomic E-state index is 11.7. The molecule has 80 valence electrons. The lowest BCUT2D eigenvalue weighted by Crippen LogP contribution is -2.41. The zero-order chi connectivity index (χ0) is 10.8. The summed E-state index contributed by atoms with van der Waals surface area (Å²) in [5.74, 6) is -0.598. The number of carbonyl (C=O) groups excluding carboxylic acids is 1. The smallest absolute Gasteiger partial charge is 0.327 e. The molecule has 15 heavy (non-hydrogen) atoms. The van der Waals surface area contributed by atoms with Crippen molar-refractivity contribution in [3.8, 4) is 0 Å². The fourth-order valence-corrected chi connectivity index (χ4v) is 2.44. The Morgan fingerprint density at radius 1 is 1.67 bits per heavy atom. The minimum absolute atomic E-state index is 0.142. The number of amides is 1. The van der Waals surface area contributed by atoms with Crippen molar-refractivity contribution in [3.63, 3.8) is 0 Å². The van der Waals surface area contributed by atoms with E-state index in [0.717, 1.165) is 0 Å². The van der Waals surface area contributed by atoms with E-state index in [-0.39, 0.29) is 5.69 Å². The number of aromatic amines is 1. The van der Waals surface area contributed by atoms with Crippen LogP contribution in [0.1, 0.15) is 10.5 Å². The Labute approximate surface area is 88.8 Å². The van der Waals surface area contributed by atoms with Gasteiger partial charge >= 0.3 is 5.97 Å². The molecule has 2 heterocycles. The molecule has 0 saturated carbocycles. The van der Waals surface area contributed by atoms with Gasteiger partial charge in [0.2, 0.25) is 0 Å². The predicted molar refractivity (Wildman–Crippen MR) is 51.3 cm³/mol. The van der Waals surface area contributed by atoms with Gasteiger partial charge in [-0.15, -0.1) is 11.8 Å². The van der Waals surface area contributed by atoms with Gasteiger partial charge in [-0.1, -0.05) is 0 Å². The summed E-state index contributed by atoms with van der Waals surface area (Å²) in [7, 11) is 0. The van der Waals surface area contributed by atoms with Gasteiger partial charge in [-0.25, -0.2) is 4.79 Å². The number of carbonyl (C=O) groups is 2. The monoisotopic (exact) mass is 228 g/mol. The van der Waals surface area contributed by atoms with E-state index >= 15 is 0 Å². The molecule has 8 heteroatoms. The van der Waals surface area contributed by atoms with Crippen LogP contribution in [0.5, 0.6) is 0 Å². The molecular formula is C7H8N4O3S. The maximum atomic E-state index is 11.7. The second-order valence-corrected chi connectivity index (χ2v) is 3.98. The van der Waals surface area contributed by atoms with Gasteiger partial charge in [-0.05, 0) is 0 Å². The van der Waals surface area contributed by atoms with Crippen LogP contribution in [0.3, 0.4) is 0 Å². The standard InChI is InChI=1S/C7H8N4O3S/c12-6(4-1-8-10-9-4)11-3-15-2-5(11)7(13)14/h1,5H,2-3H2,(H,13,14)(H,8,9,10). The number of nitrogens with zero attached hydrogens (tertiary/aromatic N) is 3. The summed E-state index contributed by atoms with van der Waals surface area (Å²) in [6, 6.07) is -0.765. The number of carboxylic acids is 1.